The molecule has 1 aliphatic heterocycles. The van der Waals surface area contributed by atoms with Crippen molar-refractivity contribution in [2.24, 2.45) is 16.1 Å². The number of piperidine rings is 1. The van der Waals surface area contributed by atoms with Crippen LogP contribution in [0.15, 0.2) is 35.3 Å². The van der Waals surface area contributed by atoms with Crippen molar-refractivity contribution in [3.05, 3.63) is 35.9 Å². The summed E-state index contributed by atoms with van der Waals surface area (Å²) in [4.78, 5) is 17.8. The van der Waals surface area contributed by atoms with Crippen molar-refractivity contribution in [2.45, 2.75) is 45.1 Å². The van der Waals surface area contributed by atoms with Crippen molar-refractivity contribution < 1.29 is 4.79 Å². The molecule has 1 aliphatic carbocycles. The number of aliphatic imine (C=N–C) groups is 1. The summed E-state index contributed by atoms with van der Waals surface area (Å²) in [7, 11) is 0. The van der Waals surface area contributed by atoms with Gasteiger partial charge in [0.05, 0.1) is 0 Å². The van der Waals surface area contributed by atoms with Crippen LogP contribution >= 0.6 is 24.0 Å². The number of carbonyl (C=O) groups excluding carboxylic acids is 1. The summed E-state index contributed by atoms with van der Waals surface area (Å²) < 4.78 is 0. The molecule has 1 saturated carbocycles. The van der Waals surface area contributed by atoms with E-state index in [4.69, 9.17) is 10.7 Å². The second-order valence-corrected chi connectivity index (χ2v) is 7.60. The number of benzene rings is 1. The molecular weight excluding hydrogens is 453 g/mol. The van der Waals surface area contributed by atoms with Crippen molar-refractivity contribution in [1.82, 2.24) is 15.5 Å². The van der Waals surface area contributed by atoms with Crippen molar-refractivity contribution in [3.8, 4) is 0 Å². The number of carbonyl (C=O) groups is 1. The van der Waals surface area contributed by atoms with Gasteiger partial charge in [-0.2, -0.15) is 0 Å². The Morgan fingerprint density at radius 1 is 1.26 bits per heavy atom. The van der Waals surface area contributed by atoms with Gasteiger partial charge in [0.1, 0.15) is 0 Å². The minimum absolute atomic E-state index is 0. The zero-order chi connectivity index (χ0) is 18.4. The lowest BCUT2D eigenvalue weighted by atomic mass is 9.97. The maximum Gasteiger partial charge on any atom is 0.314 e. The number of nitrogens with one attached hydrogen (secondary N) is 2. The van der Waals surface area contributed by atoms with Gasteiger partial charge in [-0.3, -0.25) is 4.99 Å². The van der Waals surface area contributed by atoms with Gasteiger partial charge in [0.2, 0.25) is 0 Å². The Hall–Kier alpha value is -1.51. The number of rotatable bonds is 6. The molecule has 1 aromatic rings. The zero-order valence-electron chi connectivity index (χ0n) is 16.1. The predicted molar refractivity (Wildman–Crippen MR) is 121 cm³/mol. The van der Waals surface area contributed by atoms with E-state index in [1.807, 2.05) is 0 Å². The van der Waals surface area contributed by atoms with Crippen LogP contribution in [-0.4, -0.2) is 49.1 Å². The highest BCUT2D eigenvalue weighted by Gasteiger charge is 2.42. The molecule has 1 heterocycles. The van der Waals surface area contributed by atoms with Crippen LogP contribution in [0.4, 0.5) is 4.79 Å². The fraction of sp³-hybridized carbons (Fsp3) is 0.600. The first-order chi connectivity index (χ1) is 12.6. The summed E-state index contributed by atoms with van der Waals surface area (Å²) in [5.74, 6) is 0.893. The number of urea groups is 1. The third-order valence-electron chi connectivity index (χ3n) is 5.44. The summed E-state index contributed by atoms with van der Waals surface area (Å²) in [6.07, 6.45) is 5.42. The molecular formula is C20H32IN5O. The molecule has 0 aromatic heterocycles. The monoisotopic (exact) mass is 485 g/mol. The fourth-order valence-electron chi connectivity index (χ4n) is 3.60. The molecule has 6 nitrogen and oxygen atoms in total. The van der Waals surface area contributed by atoms with Crippen LogP contribution in [0.3, 0.4) is 0 Å². The first kappa shape index (κ1) is 21.8. The number of hydrogen-bond acceptors (Lipinski definition) is 2. The van der Waals surface area contributed by atoms with E-state index in [1.165, 1.54) is 18.4 Å². The molecule has 1 aromatic carbocycles. The number of amides is 2. The van der Waals surface area contributed by atoms with E-state index in [1.54, 1.807) is 4.90 Å². The normalized spacial score (nSPS) is 19.1. The molecule has 3 rings (SSSR count). The molecule has 2 fully saturated rings. The van der Waals surface area contributed by atoms with Crippen molar-refractivity contribution in [3.63, 3.8) is 0 Å². The van der Waals surface area contributed by atoms with Gasteiger partial charge in [-0.15, -0.1) is 24.0 Å². The Morgan fingerprint density at radius 2 is 1.93 bits per heavy atom. The van der Waals surface area contributed by atoms with Crippen molar-refractivity contribution in [1.29, 1.82) is 0 Å². The number of nitrogens with zero attached hydrogens (tertiary/aromatic N) is 2. The van der Waals surface area contributed by atoms with Gasteiger partial charge in [0.15, 0.2) is 5.96 Å². The maximum absolute atomic E-state index is 11.2. The van der Waals surface area contributed by atoms with Crippen LogP contribution in [0.25, 0.3) is 0 Å². The minimum atomic E-state index is -0.319. The van der Waals surface area contributed by atoms with E-state index in [2.05, 4.69) is 47.9 Å². The van der Waals surface area contributed by atoms with E-state index in [0.717, 1.165) is 38.3 Å². The molecule has 0 bridgehead atoms. The van der Waals surface area contributed by atoms with Crippen molar-refractivity contribution in [2.75, 3.05) is 26.2 Å². The standard InChI is InChI=1S/C20H31N5O.HI/c1-2-22-19(24-17-8-12-25(13-9-17)18(21)26)23-15-20(10-11-20)14-16-6-4-3-5-7-16;/h3-7,17H,2,8-15H2,1H3,(H2,21,26)(H2,22,23,24);1H. The van der Waals surface area contributed by atoms with Gasteiger partial charge >= 0.3 is 6.03 Å². The van der Waals surface area contributed by atoms with Gasteiger partial charge < -0.3 is 21.3 Å². The van der Waals surface area contributed by atoms with Crippen LogP contribution in [0.2, 0.25) is 0 Å². The van der Waals surface area contributed by atoms with E-state index in [-0.39, 0.29) is 30.0 Å². The van der Waals surface area contributed by atoms with E-state index >= 15 is 0 Å². The molecule has 2 aliphatic rings. The molecule has 0 radical (unpaired) electrons. The highest BCUT2D eigenvalue weighted by molar-refractivity contribution is 14.0. The summed E-state index contributed by atoms with van der Waals surface area (Å²) >= 11 is 0. The SMILES string of the molecule is CCNC(=NCC1(Cc2ccccc2)CC1)NC1CCN(C(N)=O)CC1.I. The molecule has 150 valence electrons. The first-order valence-corrected chi connectivity index (χ1v) is 9.73. The second-order valence-electron chi connectivity index (χ2n) is 7.60. The topological polar surface area (TPSA) is 82.8 Å². The van der Waals surface area contributed by atoms with E-state index in [0.29, 0.717) is 24.5 Å². The smallest absolute Gasteiger partial charge is 0.314 e. The average Bonchev–Trinajstić information content (AvgIpc) is 3.41. The summed E-state index contributed by atoms with van der Waals surface area (Å²) in [5, 5.41) is 6.90. The highest BCUT2D eigenvalue weighted by Crippen LogP contribution is 2.48. The van der Waals surface area contributed by atoms with Gasteiger partial charge in [0.25, 0.3) is 0 Å². The fourth-order valence-corrected chi connectivity index (χ4v) is 3.60. The van der Waals surface area contributed by atoms with Crippen molar-refractivity contribution >= 4 is 36.0 Å². The Bertz CT molecular complexity index is 625. The predicted octanol–water partition coefficient (Wildman–Crippen LogP) is 2.73. The van der Waals surface area contributed by atoms with Gasteiger partial charge in [-0.1, -0.05) is 30.3 Å². The summed E-state index contributed by atoms with van der Waals surface area (Å²) in [6, 6.07) is 10.7. The summed E-state index contributed by atoms with van der Waals surface area (Å²) in [6.45, 7) is 5.22. The molecule has 1 saturated heterocycles. The van der Waals surface area contributed by atoms with Gasteiger partial charge in [0, 0.05) is 32.2 Å². The van der Waals surface area contributed by atoms with Crippen LogP contribution in [0.1, 0.15) is 38.2 Å². The lowest BCUT2D eigenvalue weighted by Crippen LogP contribution is -2.50. The van der Waals surface area contributed by atoms with Gasteiger partial charge in [-0.25, -0.2) is 4.79 Å². The molecule has 0 unspecified atom stereocenters. The number of primary amides is 1. The van der Waals surface area contributed by atoms with Crippen LogP contribution in [-0.2, 0) is 6.42 Å². The Balaban J connectivity index is 0.00000261. The molecule has 7 heteroatoms. The lowest BCUT2D eigenvalue weighted by molar-refractivity contribution is 0.188. The minimum Gasteiger partial charge on any atom is -0.357 e. The zero-order valence-corrected chi connectivity index (χ0v) is 18.4. The maximum atomic E-state index is 11.2. The largest absolute Gasteiger partial charge is 0.357 e. The summed E-state index contributed by atoms with van der Waals surface area (Å²) in [5.41, 5.74) is 7.09. The third kappa shape index (κ3) is 6.55. The van der Waals surface area contributed by atoms with E-state index < -0.39 is 0 Å². The van der Waals surface area contributed by atoms with E-state index in [9.17, 15) is 4.79 Å². The second kappa shape index (κ2) is 10.1. The Morgan fingerprint density at radius 3 is 2.48 bits per heavy atom. The molecule has 0 spiro atoms. The average molecular weight is 485 g/mol. The Kier molecular flexibility index (Phi) is 8.19. The first-order valence-electron chi connectivity index (χ1n) is 9.73. The number of likely N-dealkylation sites (tertiary alicyclic amines) is 1. The van der Waals surface area contributed by atoms with Crippen LogP contribution in [0, 0.1) is 5.41 Å². The number of hydrogen-bond donors (Lipinski definition) is 3. The highest BCUT2D eigenvalue weighted by atomic mass is 127. The molecule has 0 atom stereocenters. The molecule has 4 N–H and O–H groups in total. The number of halogens is 1. The molecule has 27 heavy (non-hydrogen) atoms. The van der Waals surface area contributed by atoms with Crippen LogP contribution in [0.5, 0.6) is 0 Å². The van der Waals surface area contributed by atoms with Crippen LogP contribution < -0.4 is 16.4 Å². The number of nitrogens with two attached hydrogens (primary N) is 1. The number of guanidine groups is 1. The Labute approximate surface area is 179 Å². The third-order valence-corrected chi connectivity index (χ3v) is 5.44. The lowest BCUT2D eigenvalue weighted by Gasteiger charge is -2.32. The quantitative estimate of drug-likeness (QED) is 0.329. The molecule has 2 amide bonds. The van der Waals surface area contributed by atoms with Gasteiger partial charge in [-0.05, 0) is 50.0 Å².